The van der Waals surface area contributed by atoms with Crippen LogP contribution < -0.4 is 5.32 Å². The highest BCUT2D eigenvalue weighted by molar-refractivity contribution is 5.72. The fourth-order valence-corrected chi connectivity index (χ4v) is 10.7. The second-order valence-corrected chi connectivity index (χ2v) is 19.5. The van der Waals surface area contributed by atoms with Gasteiger partial charge in [0.05, 0.1) is 27.2 Å². The maximum absolute atomic E-state index is 3.86. The first kappa shape index (κ1) is 38.1. The molecule has 0 atom stereocenters. The smallest absolute Gasteiger partial charge is 0.0794 e. The molecule has 2 saturated heterocycles. The first-order valence-electron chi connectivity index (χ1n) is 20.8. The Labute approximate surface area is 337 Å². The average molecular weight is 738 g/mol. The molecular weight excluding hydrogens is 677 g/mol. The van der Waals surface area contributed by atoms with Crippen molar-refractivity contribution >= 4 is 0 Å². The van der Waals surface area contributed by atoms with Crippen molar-refractivity contribution in [3.63, 3.8) is 0 Å². The Balaban J connectivity index is 1.00. The lowest BCUT2D eigenvalue weighted by molar-refractivity contribution is -0.896. The van der Waals surface area contributed by atoms with Crippen LogP contribution in [0.25, 0.3) is 44.5 Å². The van der Waals surface area contributed by atoms with Crippen LogP contribution in [0.1, 0.15) is 82.6 Å². The Morgan fingerprint density at radius 2 is 0.661 bits per heavy atom. The molecule has 0 spiro atoms. The van der Waals surface area contributed by atoms with Crippen LogP contribution in [-0.4, -0.2) is 42.7 Å². The van der Waals surface area contributed by atoms with E-state index in [0.29, 0.717) is 0 Å². The molecule has 8 rings (SSSR count). The van der Waals surface area contributed by atoms with E-state index < -0.39 is 0 Å². The van der Waals surface area contributed by atoms with Gasteiger partial charge >= 0.3 is 0 Å². The molecule has 6 aromatic carbocycles. The minimum absolute atomic E-state index is 0.00680. The number of hydrogen-bond acceptors (Lipinski definition) is 1. The third-order valence-electron chi connectivity index (χ3n) is 13.2. The molecule has 0 bridgehead atoms. The summed E-state index contributed by atoms with van der Waals surface area (Å²) in [5.41, 5.74) is 16.1. The number of quaternary nitrogens is 1. The van der Waals surface area contributed by atoms with Gasteiger partial charge in [0.2, 0.25) is 0 Å². The zero-order chi connectivity index (χ0) is 39.3. The fourth-order valence-electron chi connectivity index (χ4n) is 10.7. The molecule has 0 unspecified atom stereocenters. The number of hydrogen-bond donors (Lipinski definition) is 1. The third kappa shape index (κ3) is 7.80. The van der Waals surface area contributed by atoms with Crippen LogP contribution in [0.15, 0.2) is 146 Å². The van der Waals surface area contributed by atoms with Gasteiger partial charge in [-0.15, -0.1) is 0 Å². The molecule has 6 aromatic rings. The molecule has 2 aliphatic heterocycles. The van der Waals surface area contributed by atoms with E-state index in [9.17, 15) is 0 Å². The molecule has 56 heavy (non-hydrogen) atoms. The highest BCUT2D eigenvalue weighted by atomic mass is 15.3. The van der Waals surface area contributed by atoms with Crippen molar-refractivity contribution in [1.82, 2.24) is 5.32 Å². The van der Waals surface area contributed by atoms with E-state index in [4.69, 9.17) is 0 Å². The van der Waals surface area contributed by atoms with E-state index in [1.54, 1.807) is 0 Å². The van der Waals surface area contributed by atoms with Crippen molar-refractivity contribution in [3.05, 3.63) is 168 Å². The number of nitrogens with zero attached hydrogens (tertiary/aromatic N) is 1. The fraction of sp³-hybridized carbons (Fsp3) is 0.333. The summed E-state index contributed by atoms with van der Waals surface area (Å²) in [7, 11) is 4.76. The highest BCUT2D eigenvalue weighted by Crippen LogP contribution is 2.46. The first-order valence-corrected chi connectivity index (χ1v) is 20.8. The van der Waals surface area contributed by atoms with E-state index in [1.807, 2.05) is 0 Å². The van der Waals surface area contributed by atoms with Crippen molar-refractivity contribution in [2.45, 2.75) is 89.1 Å². The normalized spacial score (nSPS) is 19.3. The van der Waals surface area contributed by atoms with Gasteiger partial charge in [-0.25, -0.2) is 0 Å². The topological polar surface area (TPSA) is 12.0 Å². The van der Waals surface area contributed by atoms with Crippen LogP contribution in [0, 0.1) is 6.92 Å². The van der Waals surface area contributed by atoms with Crippen molar-refractivity contribution < 1.29 is 4.48 Å². The Morgan fingerprint density at radius 3 is 0.982 bits per heavy atom. The molecule has 0 aliphatic carbocycles. The van der Waals surface area contributed by atoms with Crippen LogP contribution in [0.3, 0.4) is 0 Å². The number of aryl methyl sites for hydroxylation is 1. The minimum Gasteiger partial charge on any atom is -0.328 e. The second-order valence-electron chi connectivity index (χ2n) is 19.5. The van der Waals surface area contributed by atoms with Crippen molar-refractivity contribution in [2.24, 2.45) is 0 Å². The van der Waals surface area contributed by atoms with Crippen LogP contribution in [-0.2, 0) is 10.8 Å². The van der Waals surface area contributed by atoms with Gasteiger partial charge < -0.3 is 9.80 Å². The summed E-state index contributed by atoms with van der Waals surface area (Å²) in [6.07, 6.45) is 4.54. The van der Waals surface area contributed by atoms with Crippen LogP contribution in [0.5, 0.6) is 0 Å². The summed E-state index contributed by atoms with van der Waals surface area (Å²) < 4.78 is 1.08. The number of benzene rings is 6. The molecule has 286 valence electrons. The number of rotatable bonds is 7. The summed E-state index contributed by atoms with van der Waals surface area (Å²) in [5, 5.41) is 3.86. The molecule has 2 aliphatic rings. The monoisotopic (exact) mass is 737 g/mol. The van der Waals surface area contributed by atoms with Gasteiger partial charge in [0.25, 0.3) is 0 Å². The predicted molar refractivity (Wildman–Crippen MR) is 239 cm³/mol. The third-order valence-corrected chi connectivity index (χ3v) is 13.2. The van der Waals surface area contributed by atoms with Gasteiger partial charge in [0, 0.05) is 29.3 Å². The van der Waals surface area contributed by atoms with E-state index in [-0.39, 0.29) is 21.9 Å². The molecule has 0 saturated carbocycles. The molecular formula is C54H61N2+. The molecule has 0 aromatic heterocycles. The molecule has 1 N–H and O–H groups in total. The highest BCUT2D eigenvalue weighted by Gasteiger charge is 2.45. The lowest BCUT2D eigenvalue weighted by Gasteiger charge is -2.52. The number of nitrogens with one attached hydrogen (secondary N) is 1. The second kappa shape index (κ2) is 14.3. The van der Waals surface area contributed by atoms with Gasteiger partial charge in [-0.05, 0) is 114 Å². The Bertz CT molecular complexity index is 2250. The van der Waals surface area contributed by atoms with Crippen molar-refractivity contribution in [1.29, 1.82) is 0 Å². The Kier molecular flexibility index (Phi) is 9.75. The lowest BCUT2D eigenvalue weighted by atomic mass is 9.63. The first-order chi connectivity index (χ1) is 26.6. The van der Waals surface area contributed by atoms with E-state index in [2.05, 4.69) is 207 Å². The summed E-state index contributed by atoms with van der Waals surface area (Å²) >= 11 is 0. The van der Waals surface area contributed by atoms with Gasteiger partial charge in [0.15, 0.2) is 0 Å². The van der Waals surface area contributed by atoms with Crippen LogP contribution >= 0.6 is 0 Å². The number of piperidine rings is 2. The molecule has 2 heterocycles. The molecule has 0 radical (unpaired) electrons. The Morgan fingerprint density at radius 1 is 0.393 bits per heavy atom. The standard InChI is InChI=1S/C54H61N2/c1-39-9-11-40(12-10-39)41-13-15-43(16-14-41)46-23-29-49(30-24-46)54(33-35-56(7,8)36-34-54)50-31-25-47(26-32-50)44-19-17-42(18-20-44)45-21-27-48(28-22-45)53(6)37-51(2,3)55-52(4,5)38-53/h9-32,55H,33-38H2,1-8H3/q+1. The summed E-state index contributed by atoms with van der Waals surface area (Å²) in [6.45, 7) is 16.3. The zero-order valence-corrected chi connectivity index (χ0v) is 35.0. The number of likely N-dealkylation sites (tertiary alicyclic amines) is 1. The molecule has 2 heteroatoms. The van der Waals surface area contributed by atoms with Crippen LogP contribution in [0.2, 0.25) is 0 Å². The summed E-state index contributed by atoms with van der Waals surface area (Å²) in [5.74, 6) is 0. The SMILES string of the molecule is Cc1ccc(-c2ccc(-c3ccc(C4(c5ccc(-c6ccc(-c7ccc(C8(C)CC(C)(C)NC(C)(C)C8)cc7)cc6)cc5)CC[N+](C)(C)CC4)cc3)cc2)cc1. The van der Waals surface area contributed by atoms with Crippen molar-refractivity contribution in [2.75, 3.05) is 27.2 Å². The summed E-state index contributed by atoms with van der Waals surface area (Å²) in [4.78, 5) is 0. The summed E-state index contributed by atoms with van der Waals surface area (Å²) in [6, 6.07) is 55.4. The van der Waals surface area contributed by atoms with E-state index in [0.717, 1.165) is 30.2 Å². The van der Waals surface area contributed by atoms with Crippen LogP contribution in [0.4, 0.5) is 0 Å². The molecule has 2 nitrogen and oxygen atoms in total. The predicted octanol–water partition coefficient (Wildman–Crippen LogP) is 13.0. The van der Waals surface area contributed by atoms with E-state index in [1.165, 1.54) is 79.9 Å². The molecule has 0 amide bonds. The van der Waals surface area contributed by atoms with Gasteiger partial charge in [-0.3, -0.25) is 0 Å². The quantitative estimate of drug-likeness (QED) is 0.161. The van der Waals surface area contributed by atoms with Gasteiger partial charge in [0.1, 0.15) is 0 Å². The zero-order valence-electron chi connectivity index (χ0n) is 35.0. The molecule has 2 fully saturated rings. The average Bonchev–Trinajstić information content (AvgIpc) is 3.17. The minimum atomic E-state index is 0.00680. The van der Waals surface area contributed by atoms with E-state index >= 15 is 0 Å². The van der Waals surface area contributed by atoms with Gasteiger partial charge in [-0.1, -0.05) is 158 Å². The van der Waals surface area contributed by atoms with Gasteiger partial charge in [-0.2, -0.15) is 0 Å². The Hall–Kier alpha value is -4.76. The maximum atomic E-state index is 3.86. The lowest BCUT2D eigenvalue weighted by Crippen LogP contribution is -2.61. The largest absolute Gasteiger partial charge is 0.328 e. The van der Waals surface area contributed by atoms with Crippen molar-refractivity contribution in [3.8, 4) is 44.5 Å². The maximum Gasteiger partial charge on any atom is 0.0794 e.